The van der Waals surface area contributed by atoms with Crippen molar-refractivity contribution in [1.82, 2.24) is 9.88 Å². The van der Waals surface area contributed by atoms with Gasteiger partial charge in [-0.25, -0.2) is 9.59 Å². The van der Waals surface area contributed by atoms with Crippen molar-refractivity contribution in [3.8, 4) is 0 Å². The zero-order valence-electron chi connectivity index (χ0n) is 22.4. The van der Waals surface area contributed by atoms with Crippen LogP contribution >= 0.6 is 0 Å². The Morgan fingerprint density at radius 2 is 1.78 bits per heavy atom. The molecule has 0 saturated heterocycles. The van der Waals surface area contributed by atoms with E-state index in [-0.39, 0.29) is 12.1 Å². The minimum absolute atomic E-state index is 0.186. The van der Waals surface area contributed by atoms with Gasteiger partial charge < -0.3 is 14.4 Å². The number of amides is 1. The first-order chi connectivity index (χ1) is 17.6. The van der Waals surface area contributed by atoms with Crippen LogP contribution in [0.5, 0.6) is 0 Å². The normalized spacial score (nSPS) is 14.8. The monoisotopic (exact) mass is 501 g/mol. The lowest BCUT2D eigenvalue weighted by atomic mass is 9.96. The molecule has 0 unspecified atom stereocenters. The molecule has 7 heteroatoms. The first-order valence-electron chi connectivity index (χ1n) is 12.5. The summed E-state index contributed by atoms with van der Waals surface area (Å²) in [5.41, 5.74) is 6.23. The van der Waals surface area contributed by atoms with E-state index in [1.807, 2.05) is 27.8 Å². The number of rotatable bonds is 6. The highest BCUT2D eigenvalue weighted by molar-refractivity contribution is 5.90. The summed E-state index contributed by atoms with van der Waals surface area (Å²) in [5, 5.41) is 0. The topological polar surface area (TPSA) is 72.0 Å². The average molecular weight is 502 g/mol. The van der Waals surface area contributed by atoms with E-state index < -0.39 is 11.6 Å². The van der Waals surface area contributed by atoms with E-state index in [1.165, 1.54) is 12.7 Å². The number of hydrogen-bond acceptors (Lipinski definition) is 6. The van der Waals surface area contributed by atoms with E-state index in [0.717, 1.165) is 28.1 Å². The quantitative estimate of drug-likeness (QED) is 0.366. The fourth-order valence-corrected chi connectivity index (χ4v) is 4.69. The number of anilines is 2. The summed E-state index contributed by atoms with van der Waals surface area (Å²) in [4.78, 5) is 33.6. The Labute approximate surface area is 219 Å². The highest BCUT2D eigenvalue weighted by Gasteiger charge is 2.36. The highest BCUT2D eigenvalue weighted by Crippen LogP contribution is 2.40. The number of pyridine rings is 1. The summed E-state index contributed by atoms with van der Waals surface area (Å²) in [6.07, 6.45) is 4.11. The minimum Gasteiger partial charge on any atom is -0.465 e. The van der Waals surface area contributed by atoms with Crippen LogP contribution in [0.2, 0.25) is 0 Å². The lowest BCUT2D eigenvalue weighted by Crippen LogP contribution is -2.36. The van der Waals surface area contributed by atoms with Gasteiger partial charge in [0.25, 0.3) is 0 Å². The summed E-state index contributed by atoms with van der Waals surface area (Å²) in [5.74, 6) is -0.392. The van der Waals surface area contributed by atoms with Gasteiger partial charge in [0.1, 0.15) is 5.60 Å². The minimum atomic E-state index is -0.603. The molecule has 0 spiro atoms. The molecule has 3 aromatic rings. The lowest BCUT2D eigenvalue weighted by molar-refractivity contribution is 0.0164. The van der Waals surface area contributed by atoms with Crippen molar-refractivity contribution in [1.29, 1.82) is 0 Å². The molecule has 0 bridgehead atoms. The third-order valence-corrected chi connectivity index (χ3v) is 6.64. The van der Waals surface area contributed by atoms with Crippen molar-refractivity contribution >= 4 is 23.4 Å². The van der Waals surface area contributed by atoms with Crippen LogP contribution in [-0.4, -0.2) is 41.7 Å². The van der Waals surface area contributed by atoms with E-state index in [9.17, 15) is 9.59 Å². The molecule has 1 aliphatic heterocycles. The van der Waals surface area contributed by atoms with Crippen molar-refractivity contribution in [2.24, 2.45) is 0 Å². The molecule has 0 saturated carbocycles. The Balaban J connectivity index is 1.63. The number of aromatic nitrogens is 1. The van der Waals surface area contributed by atoms with E-state index >= 15 is 0 Å². The molecule has 37 heavy (non-hydrogen) atoms. The van der Waals surface area contributed by atoms with E-state index in [0.29, 0.717) is 24.9 Å². The fraction of sp³-hybridized carbons (Fsp3) is 0.367. The molecule has 0 N–H and O–H groups in total. The third-order valence-electron chi connectivity index (χ3n) is 6.64. The van der Waals surface area contributed by atoms with Gasteiger partial charge in [-0.05, 0) is 87.6 Å². The van der Waals surface area contributed by atoms with Crippen molar-refractivity contribution in [3.05, 3.63) is 88.7 Å². The summed E-state index contributed by atoms with van der Waals surface area (Å²) in [6.45, 7) is 8.15. The van der Waals surface area contributed by atoms with Gasteiger partial charge in [-0.15, -0.1) is 0 Å². The second kappa shape index (κ2) is 10.6. The number of carbonyl (C=O) groups is 2. The predicted octanol–water partition coefficient (Wildman–Crippen LogP) is 6.37. The molecule has 1 aromatic heterocycles. The van der Waals surface area contributed by atoms with Gasteiger partial charge >= 0.3 is 12.1 Å². The maximum absolute atomic E-state index is 13.3. The number of nitrogens with zero attached hydrogens (tertiary/aromatic N) is 3. The van der Waals surface area contributed by atoms with Gasteiger partial charge in [-0.3, -0.25) is 9.88 Å². The van der Waals surface area contributed by atoms with Crippen molar-refractivity contribution in [3.63, 3.8) is 0 Å². The predicted molar refractivity (Wildman–Crippen MR) is 144 cm³/mol. The van der Waals surface area contributed by atoms with Gasteiger partial charge in [0, 0.05) is 30.8 Å². The molecule has 0 fully saturated rings. The third kappa shape index (κ3) is 5.93. The number of fused-ring (bicyclic) bond motifs is 1. The SMILES string of the molecule is COC(=O)c1ccncc1CC[C@@H]1c2ccc(N(C)c3ccc(C)cc3)cc2CN1C(=O)OC(C)(C)C. The molecule has 2 aromatic carbocycles. The number of ether oxygens (including phenoxy) is 2. The fourth-order valence-electron chi connectivity index (χ4n) is 4.69. The zero-order chi connectivity index (χ0) is 26.7. The molecule has 7 nitrogen and oxygen atoms in total. The van der Waals surface area contributed by atoms with Crippen molar-refractivity contribution in [2.75, 3.05) is 19.1 Å². The molecule has 1 amide bonds. The number of esters is 1. The Morgan fingerprint density at radius 3 is 2.46 bits per heavy atom. The average Bonchev–Trinajstić information content (AvgIpc) is 3.24. The molecular formula is C30H35N3O4. The molecule has 1 aliphatic rings. The maximum atomic E-state index is 13.3. The van der Waals surface area contributed by atoms with E-state index in [4.69, 9.17) is 9.47 Å². The van der Waals surface area contributed by atoms with Crippen molar-refractivity contribution < 1.29 is 19.1 Å². The Morgan fingerprint density at radius 1 is 1.08 bits per heavy atom. The van der Waals surface area contributed by atoms with Gasteiger partial charge in [-0.1, -0.05) is 23.8 Å². The Bertz CT molecular complexity index is 1280. The lowest BCUT2D eigenvalue weighted by Gasteiger charge is -2.29. The van der Waals surface area contributed by atoms with Gasteiger partial charge in [0.2, 0.25) is 0 Å². The molecule has 1 atom stereocenters. The second-order valence-corrected chi connectivity index (χ2v) is 10.5. The number of aryl methyl sites for hydroxylation is 2. The van der Waals surface area contributed by atoms with E-state index in [1.54, 1.807) is 23.4 Å². The van der Waals surface area contributed by atoms with Crippen LogP contribution in [0, 0.1) is 6.92 Å². The van der Waals surface area contributed by atoms with Crippen LogP contribution in [0.1, 0.15) is 65.8 Å². The molecule has 0 aliphatic carbocycles. The summed E-state index contributed by atoms with van der Waals surface area (Å²) in [6, 6.07) is 16.2. The largest absolute Gasteiger partial charge is 0.465 e. The van der Waals surface area contributed by atoms with Crippen LogP contribution in [0.4, 0.5) is 16.2 Å². The standard InChI is InChI=1S/C30H35N3O4/c1-20-7-10-23(11-8-20)32(5)24-12-13-25-22(17-24)19-33(29(35)37-30(2,3)4)27(25)14-9-21-18-31-16-15-26(21)28(34)36-6/h7-8,10-13,15-18,27H,9,14,19H2,1-6H3/t27-/m1/s1. The summed E-state index contributed by atoms with van der Waals surface area (Å²) >= 11 is 0. The molecule has 0 radical (unpaired) electrons. The number of methoxy groups -OCH3 is 1. The zero-order valence-corrected chi connectivity index (χ0v) is 22.4. The number of benzene rings is 2. The first kappa shape index (κ1) is 26.2. The number of carbonyl (C=O) groups excluding carboxylic acids is 2. The van der Waals surface area contributed by atoms with Crippen LogP contribution in [0.3, 0.4) is 0 Å². The van der Waals surface area contributed by atoms with Gasteiger partial charge in [0.05, 0.1) is 25.3 Å². The second-order valence-electron chi connectivity index (χ2n) is 10.5. The molecular weight excluding hydrogens is 466 g/mol. The number of hydrogen-bond donors (Lipinski definition) is 0. The smallest absolute Gasteiger partial charge is 0.411 e. The maximum Gasteiger partial charge on any atom is 0.411 e. The van der Waals surface area contributed by atoms with Gasteiger partial charge in [0.15, 0.2) is 0 Å². The Hall–Kier alpha value is -3.87. The van der Waals surface area contributed by atoms with E-state index in [2.05, 4.69) is 59.3 Å². The van der Waals surface area contributed by atoms with Crippen molar-refractivity contribution in [2.45, 2.75) is 58.7 Å². The van der Waals surface area contributed by atoms with Crippen LogP contribution in [0.25, 0.3) is 0 Å². The van der Waals surface area contributed by atoms with Crippen LogP contribution in [0.15, 0.2) is 60.9 Å². The Kier molecular flexibility index (Phi) is 7.52. The van der Waals surface area contributed by atoms with Gasteiger partial charge in [-0.2, -0.15) is 0 Å². The van der Waals surface area contributed by atoms with Crippen LogP contribution < -0.4 is 4.90 Å². The van der Waals surface area contributed by atoms with Crippen LogP contribution in [-0.2, 0) is 22.4 Å². The highest BCUT2D eigenvalue weighted by atomic mass is 16.6. The summed E-state index contributed by atoms with van der Waals surface area (Å²) in [7, 11) is 3.41. The first-order valence-corrected chi connectivity index (χ1v) is 12.5. The summed E-state index contributed by atoms with van der Waals surface area (Å²) < 4.78 is 10.7. The molecule has 4 rings (SSSR count). The molecule has 194 valence electrons. The molecule has 2 heterocycles.